The van der Waals surface area contributed by atoms with Gasteiger partial charge in [0.2, 0.25) is 0 Å². The lowest BCUT2D eigenvalue weighted by Gasteiger charge is -2.15. The van der Waals surface area contributed by atoms with Crippen LogP contribution in [-0.2, 0) is 11.8 Å². The van der Waals surface area contributed by atoms with Crippen LogP contribution in [0.3, 0.4) is 0 Å². The SMILES string of the molecule is Cc1c(-c2ccnn2C)[nH]c2ncc([C@H]3CC[C@@H](OC(=O)NC(C)C)C3)cc12. The number of hydrogen-bond acceptors (Lipinski definition) is 4. The fourth-order valence-corrected chi connectivity index (χ4v) is 4.08. The molecule has 3 aromatic heterocycles. The minimum absolute atomic E-state index is 0.0308. The highest BCUT2D eigenvalue weighted by Crippen LogP contribution is 2.38. The minimum atomic E-state index is -0.323. The largest absolute Gasteiger partial charge is 0.446 e. The van der Waals surface area contributed by atoms with Crippen LogP contribution >= 0.6 is 0 Å². The molecular formula is C21H27N5O2. The van der Waals surface area contributed by atoms with Crippen molar-refractivity contribution in [1.29, 1.82) is 0 Å². The summed E-state index contributed by atoms with van der Waals surface area (Å²) in [6, 6.07) is 4.32. The topological polar surface area (TPSA) is 84.8 Å². The number of hydrogen-bond donors (Lipinski definition) is 2. The van der Waals surface area contributed by atoms with E-state index in [0.717, 1.165) is 41.7 Å². The lowest BCUT2D eigenvalue weighted by Crippen LogP contribution is -2.33. The summed E-state index contributed by atoms with van der Waals surface area (Å²) in [6.45, 7) is 5.97. The minimum Gasteiger partial charge on any atom is -0.446 e. The van der Waals surface area contributed by atoms with Crippen molar-refractivity contribution >= 4 is 17.1 Å². The van der Waals surface area contributed by atoms with Gasteiger partial charge in [0.05, 0.1) is 11.4 Å². The van der Waals surface area contributed by atoms with Crippen LogP contribution in [0.1, 0.15) is 50.2 Å². The Bertz CT molecular complexity index is 1000. The predicted octanol–water partition coefficient (Wildman–Crippen LogP) is 4.04. The summed E-state index contributed by atoms with van der Waals surface area (Å²) >= 11 is 0. The predicted molar refractivity (Wildman–Crippen MR) is 108 cm³/mol. The first-order valence-corrected chi connectivity index (χ1v) is 9.86. The standard InChI is InChI=1S/C21H27N5O2/c1-12(2)24-21(27)28-16-6-5-14(9-16)15-10-17-13(3)19(25-20(17)22-11-15)18-7-8-23-26(18)4/h7-8,10-12,14,16H,5-6,9H2,1-4H3,(H,22,25)(H,24,27)/t14-,16+/m0/s1. The van der Waals surface area contributed by atoms with Crippen LogP contribution in [0, 0.1) is 6.92 Å². The molecule has 3 heterocycles. The number of aromatic amines is 1. The molecule has 1 aliphatic rings. The number of fused-ring (bicyclic) bond motifs is 1. The zero-order valence-corrected chi connectivity index (χ0v) is 16.8. The van der Waals surface area contributed by atoms with Gasteiger partial charge in [0, 0.05) is 30.9 Å². The number of aryl methyl sites for hydroxylation is 2. The van der Waals surface area contributed by atoms with Gasteiger partial charge in [0.15, 0.2) is 0 Å². The maximum Gasteiger partial charge on any atom is 0.407 e. The van der Waals surface area contributed by atoms with Crippen LogP contribution in [0.15, 0.2) is 24.5 Å². The van der Waals surface area contributed by atoms with Crippen molar-refractivity contribution in [3.05, 3.63) is 35.7 Å². The zero-order chi connectivity index (χ0) is 19.8. The molecule has 1 amide bonds. The summed E-state index contributed by atoms with van der Waals surface area (Å²) in [6.07, 6.45) is 6.13. The third kappa shape index (κ3) is 3.48. The molecule has 148 valence electrons. The van der Waals surface area contributed by atoms with Gasteiger partial charge in [0.1, 0.15) is 11.8 Å². The lowest BCUT2D eigenvalue weighted by atomic mass is 9.98. The number of H-pyrrole nitrogens is 1. The Balaban J connectivity index is 1.53. The number of pyridine rings is 1. The van der Waals surface area contributed by atoms with Crippen molar-refractivity contribution in [3.63, 3.8) is 0 Å². The van der Waals surface area contributed by atoms with E-state index in [0.29, 0.717) is 5.92 Å². The molecule has 0 bridgehead atoms. The molecule has 2 atom stereocenters. The van der Waals surface area contributed by atoms with Gasteiger partial charge in [0.25, 0.3) is 0 Å². The fourth-order valence-electron chi connectivity index (χ4n) is 4.08. The second-order valence-corrected chi connectivity index (χ2v) is 7.97. The second-order valence-electron chi connectivity index (χ2n) is 7.97. The number of rotatable bonds is 4. The van der Waals surface area contributed by atoms with Crippen LogP contribution in [0.5, 0.6) is 0 Å². The average Bonchev–Trinajstić information content (AvgIpc) is 3.34. The first-order valence-electron chi connectivity index (χ1n) is 9.86. The second kappa shape index (κ2) is 7.30. The summed E-state index contributed by atoms with van der Waals surface area (Å²) in [4.78, 5) is 20.0. The zero-order valence-electron chi connectivity index (χ0n) is 16.8. The molecular weight excluding hydrogens is 354 g/mol. The van der Waals surface area contributed by atoms with Gasteiger partial charge in [-0.05, 0) is 69.2 Å². The van der Waals surface area contributed by atoms with Crippen LogP contribution in [0.25, 0.3) is 22.4 Å². The highest BCUT2D eigenvalue weighted by atomic mass is 16.6. The van der Waals surface area contributed by atoms with Crippen molar-refractivity contribution < 1.29 is 9.53 Å². The van der Waals surface area contributed by atoms with E-state index >= 15 is 0 Å². The monoisotopic (exact) mass is 381 g/mol. The Kier molecular flexibility index (Phi) is 4.83. The first kappa shape index (κ1) is 18.5. The summed E-state index contributed by atoms with van der Waals surface area (Å²) in [5.74, 6) is 0.364. The van der Waals surface area contributed by atoms with Crippen molar-refractivity contribution in [1.82, 2.24) is 25.1 Å². The number of carbonyl (C=O) groups is 1. The van der Waals surface area contributed by atoms with Crippen molar-refractivity contribution in [2.45, 2.75) is 58.1 Å². The molecule has 1 fully saturated rings. The molecule has 4 rings (SSSR count). The Labute approximate surface area is 164 Å². The maximum atomic E-state index is 11.9. The normalized spacial score (nSPS) is 19.5. The molecule has 0 spiro atoms. The third-order valence-corrected chi connectivity index (χ3v) is 5.54. The smallest absolute Gasteiger partial charge is 0.407 e. The van der Waals surface area contributed by atoms with Gasteiger partial charge in [-0.2, -0.15) is 5.10 Å². The van der Waals surface area contributed by atoms with Gasteiger partial charge in [-0.1, -0.05) is 0 Å². The Morgan fingerprint density at radius 3 is 2.93 bits per heavy atom. The summed E-state index contributed by atoms with van der Waals surface area (Å²) in [5, 5.41) is 8.19. The van der Waals surface area contributed by atoms with Gasteiger partial charge < -0.3 is 15.0 Å². The fraction of sp³-hybridized carbons (Fsp3) is 0.476. The first-order chi connectivity index (χ1) is 13.4. The van der Waals surface area contributed by atoms with E-state index in [1.807, 2.05) is 37.8 Å². The molecule has 1 aliphatic carbocycles. The molecule has 0 unspecified atom stereocenters. The molecule has 7 nitrogen and oxygen atoms in total. The number of aromatic nitrogens is 4. The summed E-state index contributed by atoms with van der Waals surface area (Å²) in [5.41, 5.74) is 5.37. The van der Waals surface area contributed by atoms with Crippen LogP contribution in [-0.4, -0.2) is 38.0 Å². The van der Waals surface area contributed by atoms with Gasteiger partial charge in [-0.3, -0.25) is 4.68 Å². The highest BCUT2D eigenvalue weighted by molar-refractivity contribution is 5.87. The highest BCUT2D eigenvalue weighted by Gasteiger charge is 2.29. The number of carbonyl (C=O) groups excluding carboxylic acids is 1. The van der Waals surface area contributed by atoms with E-state index in [1.165, 1.54) is 11.1 Å². The lowest BCUT2D eigenvalue weighted by molar-refractivity contribution is 0.0982. The van der Waals surface area contributed by atoms with Crippen LogP contribution in [0.2, 0.25) is 0 Å². The average molecular weight is 381 g/mol. The third-order valence-electron chi connectivity index (χ3n) is 5.54. The molecule has 0 aromatic carbocycles. The van der Waals surface area contributed by atoms with Crippen LogP contribution in [0.4, 0.5) is 4.79 Å². The molecule has 0 aliphatic heterocycles. The molecule has 0 radical (unpaired) electrons. The maximum absolute atomic E-state index is 11.9. The van der Waals surface area contributed by atoms with Crippen molar-refractivity contribution in [2.24, 2.45) is 7.05 Å². The number of nitrogens with zero attached hydrogens (tertiary/aromatic N) is 3. The van der Waals surface area contributed by atoms with E-state index in [-0.39, 0.29) is 18.2 Å². The van der Waals surface area contributed by atoms with Crippen molar-refractivity contribution in [3.8, 4) is 11.4 Å². The summed E-state index contributed by atoms with van der Waals surface area (Å²) < 4.78 is 7.43. The Morgan fingerprint density at radius 2 is 2.21 bits per heavy atom. The van der Waals surface area contributed by atoms with E-state index in [2.05, 4.69) is 33.4 Å². The molecule has 1 saturated carbocycles. The number of ether oxygens (including phenoxy) is 1. The Morgan fingerprint density at radius 1 is 1.39 bits per heavy atom. The Hall–Kier alpha value is -2.83. The number of alkyl carbamates (subject to hydrolysis) is 1. The van der Waals surface area contributed by atoms with E-state index in [9.17, 15) is 4.79 Å². The van der Waals surface area contributed by atoms with Crippen molar-refractivity contribution in [2.75, 3.05) is 0 Å². The summed E-state index contributed by atoms with van der Waals surface area (Å²) in [7, 11) is 1.94. The van der Waals surface area contributed by atoms with Gasteiger partial charge >= 0.3 is 6.09 Å². The van der Waals surface area contributed by atoms with E-state index in [4.69, 9.17) is 4.74 Å². The number of nitrogens with one attached hydrogen (secondary N) is 2. The van der Waals surface area contributed by atoms with Gasteiger partial charge in [-0.25, -0.2) is 9.78 Å². The number of amides is 1. The van der Waals surface area contributed by atoms with Crippen LogP contribution < -0.4 is 5.32 Å². The molecule has 28 heavy (non-hydrogen) atoms. The van der Waals surface area contributed by atoms with E-state index < -0.39 is 0 Å². The molecule has 0 saturated heterocycles. The molecule has 2 N–H and O–H groups in total. The quantitative estimate of drug-likeness (QED) is 0.714. The van der Waals surface area contributed by atoms with Gasteiger partial charge in [-0.15, -0.1) is 0 Å². The molecule has 3 aromatic rings. The molecule has 7 heteroatoms. The van der Waals surface area contributed by atoms with E-state index in [1.54, 1.807) is 6.20 Å².